The van der Waals surface area contributed by atoms with E-state index in [1.165, 1.54) is 25.3 Å². The number of guanidine groups is 1. The van der Waals surface area contributed by atoms with E-state index in [4.69, 9.17) is 5.73 Å². The number of rotatable bonds is 4. The molecule has 0 bridgehead atoms. The fourth-order valence-electron chi connectivity index (χ4n) is 1.82. The average molecular weight is 442 g/mol. The van der Waals surface area contributed by atoms with Crippen LogP contribution in [-0.2, 0) is 6.54 Å². The van der Waals surface area contributed by atoms with Crippen LogP contribution in [0.15, 0.2) is 27.7 Å². The largest absolute Gasteiger partial charge is 0.370 e. The van der Waals surface area contributed by atoms with Gasteiger partial charge in [0, 0.05) is 6.54 Å². The Morgan fingerprint density at radius 1 is 1.47 bits per heavy atom. The lowest BCUT2D eigenvalue weighted by molar-refractivity contribution is 0.315. The van der Waals surface area contributed by atoms with Crippen molar-refractivity contribution in [2.24, 2.45) is 16.6 Å². The maximum absolute atomic E-state index is 13.3. The second-order valence-electron chi connectivity index (χ2n) is 4.63. The third-order valence-corrected chi connectivity index (χ3v) is 3.86. The van der Waals surface area contributed by atoms with Gasteiger partial charge in [-0.25, -0.2) is 9.38 Å². The van der Waals surface area contributed by atoms with E-state index in [9.17, 15) is 4.39 Å². The Morgan fingerprint density at radius 3 is 2.79 bits per heavy atom. The van der Waals surface area contributed by atoms with Crippen molar-refractivity contribution in [2.75, 3.05) is 6.54 Å². The van der Waals surface area contributed by atoms with Crippen LogP contribution in [0, 0.1) is 11.7 Å². The first-order chi connectivity index (χ1) is 8.65. The van der Waals surface area contributed by atoms with Crippen LogP contribution in [0.1, 0.15) is 24.8 Å². The highest BCUT2D eigenvalue weighted by atomic mass is 127. The fourth-order valence-corrected chi connectivity index (χ4v) is 2.06. The topological polar surface area (TPSA) is 50.4 Å². The standard InChI is InChI=1S/C13H17BrFN3.HI/c14-11-5-4-10(6-12(11)15)8-18-13(16)17-7-9-2-1-3-9;/h4-6,9H,1-3,7-8H2,(H3,16,17,18);1H. The predicted octanol–water partition coefficient (Wildman–Crippen LogP) is 3.41. The third kappa shape index (κ3) is 5.25. The molecule has 1 aliphatic rings. The van der Waals surface area contributed by atoms with Crippen molar-refractivity contribution in [2.45, 2.75) is 25.8 Å². The maximum Gasteiger partial charge on any atom is 0.188 e. The van der Waals surface area contributed by atoms with Crippen LogP contribution in [0.3, 0.4) is 0 Å². The summed E-state index contributed by atoms with van der Waals surface area (Å²) < 4.78 is 13.7. The van der Waals surface area contributed by atoms with E-state index in [0.29, 0.717) is 17.0 Å². The molecule has 1 aromatic rings. The smallest absolute Gasteiger partial charge is 0.188 e. The van der Waals surface area contributed by atoms with Crippen molar-refractivity contribution in [1.29, 1.82) is 0 Å². The van der Waals surface area contributed by atoms with E-state index in [2.05, 4.69) is 26.2 Å². The van der Waals surface area contributed by atoms with Gasteiger partial charge in [-0.2, -0.15) is 0 Å². The number of nitrogens with zero attached hydrogens (tertiary/aromatic N) is 1. The molecule has 1 fully saturated rings. The normalized spacial score (nSPS) is 15.6. The molecule has 2 rings (SSSR count). The maximum atomic E-state index is 13.3. The minimum atomic E-state index is -0.274. The summed E-state index contributed by atoms with van der Waals surface area (Å²) in [5.74, 6) is 0.901. The number of aliphatic imine (C=N–C) groups is 1. The van der Waals surface area contributed by atoms with E-state index in [-0.39, 0.29) is 29.8 Å². The second-order valence-corrected chi connectivity index (χ2v) is 5.48. The van der Waals surface area contributed by atoms with Crippen LogP contribution in [0.2, 0.25) is 0 Å². The summed E-state index contributed by atoms with van der Waals surface area (Å²) in [6.45, 7) is 1.29. The van der Waals surface area contributed by atoms with E-state index in [1.54, 1.807) is 6.07 Å². The molecule has 0 heterocycles. The summed E-state index contributed by atoms with van der Waals surface area (Å²) >= 11 is 3.12. The van der Waals surface area contributed by atoms with Crippen molar-refractivity contribution >= 4 is 45.9 Å². The van der Waals surface area contributed by atoms with Crippen LogP contribution in [0.4, 0.5) is 4.39 Å². The quantitative estimate of drug-likeness (QED) is 0.427. The van der Waals surface area contributed by atoms with Crippen LogP contribution >= 0.6 is 39.9 Å². The zero-order chi connectivity index (χ0) is 13.0. The number of halogens is 3. The van der Waals surface area contributed by atoms with Gasteiger partial charge in [-0.05, 0) is 52.4 Å². The molecule has 1 aromatic carbocycles. The van der Waals surface area contributed by atoms with E-state index < -0.39 is 0 Å². The molecule has 0 unspecified atom stereocenters. The Labute approximate surface area is 138 Å². The number of nitrogens with two attached hydrogens (primary N) is 1. The Balaban J connectivity index is 0.00000180. The summed E-state index contributed by atoms with van der Waals surface area (Å²) in [6, 6.07) is 4.97. The van der Waals surface area contributed by atoms with E-state index in [0.717, 1.165) is 18.0 Å². The van der Waals surface area contributed by atoms with E-state index >= 15 is 0 Å². The summed E-state index contributed by atoms with van der Waals surface area (Å²) in [5, 5.41) is 3.11. The van der Waals surface area contributed by atoms with Gasteiger partial charge in [-0.15, -0.1) is 24.0 Å². The molecule has 1 saturated carbocycles. The van der Waals surface area contributed by atoms with Gasteiger partial charge in [0.2, 0.25) is 0 Å². The van der Waals surface area contributed by atoms with Crippen LogP contribution in [0.25, 0.3) is 0 Å². The van der Waals surface area contributed by atoms with Gasteiger partial charge in [0.05, 0.1) is 11.0 Å². The molecule has 3 nitrogen and oxygen atoms in total. The van der Waals surface area contributed by atoms with Gasteiger partial charge in [-0.1, -0.05) is 12.5 Å². The van der Waals surface area contributed by atoms with Gasteiger partial charge < -0.3 is 11.1 Å². The lowest BCUT2D eigenvalue weighted by atomic mass is 9.85. The molecule has 0 spiro atoms. The Bertz CT molecular complexity index is 450. The molecule has 0 atom stereocenters. The number of nitrogens with one attached hydrogen (secondary N) is 1. The Kier molecular flexibility index (Phi) is 7.06. The number of benzene rings is 1. The van der Waals surface area contributed by atoms with Crippen LogP contribution in [-0.4, -0.2) is 12.5 Å². The molecule has 0 radical (unpaired) electrons. The lowest BCUT2D eigenvalue weighted by Gasteiger charge is -2.25. The molecular weight excluding hydrogens is 424 g/mol. The van der Waals surface area contributed by atoms with Crippen molar-refractivity contribution < 1.29 is 4.39 Å². The van der Waals surface area contributed by atoms with Gasteiger partial charge in [0.25, 0.3) is 0 Å². The Hall–Kier alpha value is -0.370. The van der Waals surface area contributed by atoms with Crippen molar-refractivity contribution in [3.63, 3.8) is 0 Å². The third-order valence-electron chi connectivity index (χ3n) is 3.21. The molecule has 6 heteroatoms. The van der Waals surface area contributed by atoms with Gasteiger partial charge in [-0.3, -0.25) is 0 Å². The van der Waals surface area contributed by atoms with Gasteiger partial charge in [0.15, 0.2) is 5.96 Å². The minimum Gasteiger partial charge on any atom is -0.370 e. The predicted molar refractivity (Wildman–Crippen MR) is 90.2 cm³/mol. The molecule has 0 saturated heterocycles. The molecule has 0 amide bonds. The first-order valence-corrected chi connectivity index (χ1v) is 6.92. The second kappa shape index (κ2) is 8.04. The van der Waals surface area contributed by atoms with E-state index in [1.807, 2.05) is 6.07 Å². The fraction of sp³-hybridized carbons (Fsp3) is 0.462. The highest BCUT2D eigenvalue weighted by molar-refractivity contribution is 14.0. The summed E-state index contributed by atoms with van der Waals surface area (Å²) in [7, 11) is 0. The van der Waals surface area contributed by atoms with Crippen LogP contribution < -0.4 is 11.1 Å². The molecular formula is C13H18BrFIN3. The summed E-state index contributed by atoms with van der Waals surface area (Å²) in [5.41, 5.74) is 6.56. The number of hydrogen-bond acceptors (Lipinski definition) is 1. The Morgan fingerprint density at radius 2 is 2.21 bits per heavy atom. The molecule has 0 aromatic heterocycles. The first kappa shape index (κ1) is 16.7. The van der Waals surface area contributed by atoms with Crippen LogP contribution in [0.5, 0.6) is 0 Å². The van der Waals surface area contributed by atoms with Crippen molar-refractivity contribution in [3.05, 3.63) is 34.1 Å². The molecule has 1 aliphatic carbocycles. The zero-order valence-corrected chi connectivity index (χ0v) is 14.5. The highest BCUT2D eigenvalue weighted by Crippen LogP contribution is 2.25. The highest BCUT2D eigenvalue weighted by Gasteiger charge is 2.16. The SMILES string of the molecule is I.NC(=NCc1ccc(Br)c(F)c1)NCC1CCC1. The molecule has 0 aliphatic heterocycles. The number of hydrogen-bond donors (Lipinski definition) is 2. The van der Waals surface area contributed by atoms with Crippen molar-refractivity contribution in [3.8, 4) is 0 Å². The summed E-state index contributed by atoms with van der Waals surface area (Å²) in [6.07, 6.45) is 3.87. The van der Waals surface area contributed by atoms with Gasteiger partial charge >= 0.3 is 0 Å². The average Bonchev–Trinajstić information content (AvgIpc) is 2.29. The zero-order valence-electron chi connectivity index (χ0n) is 10.5. The molecule has 3 N–H and O–H groups in total. The van der Waals surface area contributed by atoms with Gasteiger partial charge in [0.1, 0.15) is 5.82 Å². The molecule has 106 valence electrons. The lowest BCUT2D eigenvalue weighted by Crippen LogP contribution is -2.37. The minimum absolute atomic E-state index is 0. The first-order valence-electron chi connectivity index (χ1n) is 6.13. The monoisotopic (exact) mass is 441 g/mol. The van der Waals surface area contributed by atoms with Crippen molar-refractivity contribution in [1.82, 2.24) is 5.32 Å². The molecule has 19 heavy (non-hydrogen) atoms. The summed E-state index contributed by atoms with van der Waals surface area (Å²) in [4.78, 5) is 4.20.